The van der Waals surface area contributed by atoms with E-state index in [2.05, 4.69) is 0 Å². The summed E-state index contributed by atoms with van der Waals surface area (Å²) in [6.45, 7) is 0.414. The Labute approximate surface area is 154 Å². The van der Waals surface area contributed by atoms with E-state index in [0.29, 0.717) is 6.54 Å². The zero-order chi connectivity index (χ0) is 18.1. The Hall–Kier alpha value is -1.37. The Morgan fingerprint density at radius 1 is 1.12 bits per heavy atom. The summed E-state index contributed by atoms with van der Waals surface area (Å²) in [5.41, 5.74) is 8.37. The minimum Gasteiger partial charge on any atom is -0.426 e. The maximum atomic E-state index is 13.4. The molecule has 5 aliphatic rings. The Balaban J connectivity index is 1.43. The molecule has 4 bridgehead atoms. The van der Waals surface area contributed by atoms with Gasteiger partial charge in [0.1, 0.15) is 0 Å². The quantitative estimate of drug-likeness (QED) is 0.720. The highest BCUT2D eigenvalue weighted by Gasteiger charge is 2.56. The number of hydrogen-bond donors (Lipinski definition) is 3. The van der Waals surface area contributed by atoms with Crippen LogP contribution < -0.4 is 5.73 Å². The van der Waals surface area contributed by atoms with Crippen LogP contribution in [0.4, 0.5) is 0 Å². The van der Waals surface area contributed by atoms with Crippen LogP contribution in [0.25, 0.3) is 0 Å². The summed E-state index contributed by atoms with van der Waals surface area (Å²) in [7, 11) is -1.59. The minimum absolute atomic E-state index is 0.0778. The lowest BCUT2D eigenvalue weighted by Gasteiger charge is -2.58. The van der Waals surface area contributed by atoms with Crippen LogP contribution in [-0.2, 0) is 11.3 Å². The molecule has 0 radical (unpaired) electrons. The predicted molar refractivity (Wildman–Crippen MR) is 98.5 cm³/mol. The number of nitrogens with zero attached hydrogens (tertiary/aromatic N) is 1. The number of benzene rings is 1. The lowest BCUT2D eigenvalue weighted by molar-refractivity contribution is -0.144. The summed E-state index contributed by atoms with van der Waals surface area (Å²) in [5.74, 6) is 1.38. The monoisotopic (exact) mass is 354 g/mol. The number of amides is 1. The van der Waals surface area contributed by atoms with Gasteiger partial charge >= 0.3 is 7.12 Å². The molecule has 4 saturated carbocycles. The first-order valence-electron chi connectivity index (χ1n) is 9.97. The van der Waals surface area contributed by atoms with Crippen LogP contribution in [0.1, 0.15) is 55.6 Å². The number of rotatable bonds is 3. The van der Waals surface area contributed by atoms with Crippen molar-refractivity contribution in [3.63, 3.8) is 0 Å². The Morgan fingerprint density at radius 3 is 2.27 bits per heavy atom. The highest BCUT2D eigenvalue weighted by Crippen LogP contribution is 2.61. The minimum atomic E-state index is -1.59. The predicted octanol–water partition coefficient (Wildman–Crippen LogP) is 1.63. The zero-order valence-electron chi connectivity index (χ0n) is 15.1. The third-order valence-electron chi connectivity index (χ3n) is 7.63. The van der Waals surface area contributed by atoms with Crippen molar-refractivity contribution in [3.8, 4) is 0 Å². The first kappa shape index (κ1) is 16.8. The van der Waals surface area contributed by atoms with E-state index < -0.39 is 19.1 Å². The molecule has 1 aliphatic heterocycles. The van der Waals surface area contributed by atoms with Crippen molar-refractivity contribution in [3.05, 3.63) is 35.4 Å². The molecule has 0 aromatic heterocycles. The van der Waals surface area contributed by atoms with Gasteiger partial charge in [0, 0.05) is 6.54 Å². The fourth-order valence-electron chi connectivity index (χ4n) is 6.95. The van der Waals surface area contributed by atoms with Gasteiger partial charge in [0.2, 0.25) is 5.91 Å². The van der Waals surface area contributed by atoms with E-state index in [1.54, 1.807) is 4.90 Å². The first-order valence-corrected chi connectivity index (χ1v) is 9.97. The fourth-order valence-corrected chi connectivity index (χ4v) is 6.95. The van der Waals surface area contributed by atoms with Crippen LogP contribution in [0, 0.1) is 23.2 Å². The van der Waals surface area contributed by atoms with Gasteiger partial charge in [-0.25, -0.2) is 0 Å². The molecule has 6 heteroatoms. The van der Waals surface area contributed by atoms with Crippen LogP contribution in [0.5, 0.6) is 0 Å². The number of nitrogens with two attached hydrogens (primary N) is 1. The van der Waals surface area contributed by atoms with Gasteiger partial charge in [0.15, 0.2) is 0 Å². The highest BCUT2D eigenvalue weighted by molar-refractivity contribution is 6.43. The molecular weight excluding hydrogens is 327 g/mol. The summed E-state index contributed by atoms with van der Waals surface area (Å²) in [6.07, 6.45) is 7.14. The summed E-state index contributed by atoms with van der Waals surface area (Å²) >= 11 is 0. The molecule has 1 heterocycles. The van der Waals surface area contributed by atoms with E-state index in [-0.39, 0.29) is 11.3 Å². The van der Waals surface area contributed by atoms with E-state index in [4.69, 9.17) is 5.73 Å². The first-order chi connectivity index (χ1) is 12.5. The van der Waals surface area contributed by atoms with Crippen molar-refractivity contribution in [2.24, 2.45) is 28.9 Å². The summed E-state index contributed by atoms with van der Waals surface area (Å²) in [5, 5.41) is 19.9. The van der Waals surface area contributed by atoms with Gasteiger partial charge < -0.3 is 20.7 Å². The number of carbonyl (C=O) groups excluding carboxylic acids is 1. The normalized spacial score (nSPS) is 38.3. The molecule has 26 heavy (non-hydrogen) atoms. The Bertz CT molecular complexity index is 702. The van der Waals surface area contributed by atoms with E-state index in [0.717, 1.165) is 48.1 Å². The molecule has 1 amide bonds. The van der Waals surface area contributed by atoms with Crippen molar-refractivity contribution in [1.29, 1.82) is 0 Å². The molecule has 1 aromatic rings. The topological polar surface area (TPSA) is 86.8 Å². The molecule has 4 N–H and O–H groups in total. The van der Waals surface area contributed by atoms with Crippen LogP contribution >= 0.6 is 0 Å². The van der Waals surface area contributed by atoms with Gasteiger partial charge in [-0.1, -0.05) is 24.3 Å². The SMILES string of the molecule is N[C@H](C(=O)N1Cc2ccccc2[C@H]1B(O)O)C12CC3CC(CC(C3)C1)C2. The van der Waals surface area contributed by atoms with Crippen molar-refractivity contribution in [2.75, 3.05) is 0 Å². The maximum absolute atomic E-state index is 13.4. The number of hydrogen-bond acceptors (Lipinski definition) is 4. The second-order valence-electron chi connectivity index (χ2n) is 9.28. The van der Waals surface area contributed by atoms with E-state index in [1.807, 2.05) is 24.3 Å². The van der Waals surface area contributed by atoms with E-state index in [1.165, 1.54) is 19.3 Å². The smallest absolute Gasteiger partial charge is 0.426 e. The molecule has 0 saturated heterocycles. The van der Waals surface area contributed by atoms with Gasteiger partial charge in [-0.3, -0.25) is 4.79 Å². The van der Waals surface area contributed by atoms with Crippen LogP contribution in [0.2, 0.25) is 0 Å². The summed E-state index contributed by atoms with van der Waals surface area (Å²) < 4.78 is 0. The van der Waals surface area contributed by atoms with Crippen molar-refractivity contribution < 1.29 is 14.8 Å². The van der Waals surface area contributed by atoms with Gasteiger partial charge in [-0.15, -0.1) is 0 Å². The second kappa shape index (κ2) is 5.81. The van der Waals surface area contributed by atoms with Crippen molar-refractivity contribution in [1.82, 2.24) is 4.90 Å². The molecular formula is C20H27BN2O3. The average molecular weight is 354 g/mol. The Morgan fingerprint density at radius 2 is 1.69 bits per heavy atom. The Kier molecular flexibility index (Phi) is 3.75. The number of carbonyl (C=O) groups is 1. The van der Waals surface area contributed by atoms with E-state index >= 15 is 0 Å². The molecule has 0 unspecified atom stereocenters. The number of fused-ring (bicyclic) bond motifs is 1. The van der Waals surface area contributed by atoms with Gasteiger partial charge in [-0.05, 0) is 72.8 Å². The van der Waals surface area contributed by atoms with E-state index in [9.17, 15) is 14.8 Å². The maximum Gasteiger partial charge on any atom is 0.480 e. The lowest BCUT2D eigenvalue weighted by atomic mass is 9.47. The second-order valence-corrected chi connectivity index (χ2v) is 9.28. The van der Waals surface area contributed by atoms with Crippen LogP contribution in [-0.4, -0.2) is 34.0 Å². The van der Waals surface area contributed by atoms with Gasteiger partial charge in [0.05, 0.1) is 12.0 Å². The molecule has 2 atom stereocenters. The van der Waals surface area contributed by atoms with Gasteiger partial charge in [0.25, 0.3) is 0 Å². The van der Waals surface area contributed by atoms with Crippen molar-refractivity contribution in [2.45, 2.75) is 57.1 Å². The molecule has 138 valence electrons. The molecule has 6 rings (SSSR count). The van der Waals surface area contributed by atoms with Gasteiger partial charge in [-0.2, -0.15) is 0 Å². The average Bonchev–Trinajstić information content (AvgIpc) is 2.99. The lowest BCUT2D eigenvalue weighted by Crippen LogP contribution is -2.60. The third kappa shape index (κ3) is 2.39. The molecule has 0 spiro atoms. The fraction of sp³-hybridized carbons (Fsp3) is 0.650. The summed E-state index contributed by atoms with van der Waals surface area (Å²) in [6, 6.07) is 7.09. The molecule has 4 aliphatic carbocycles. The van der Waals surface area contributed by atoms with Crippen LogP contribution in [0.15, 0.2) is 24.3 Å². The third-order valence-corrected chi connectivity index (χ3v) is 7.63. The highest BCUT2D eigenvalue weighted by atomic mass is 16.4. The zero-order valence-corrected chi connectivity index (χ0v) is 15.1. The van der Waals surface area contributed by atoms with Crippen LogP contribution in [0.3, 0.4) is 0 Å². The van der Waals surface area contributed by atoms with Crippen molar-refractivity contribution >= 4 is 13.0 Å². The molecule has 4 fully saturated rings. The standard InChI is InChI=1S/C20H27BN2O3/c22-17(20-8-12-5-13(9-20)7-14(6-12)10-20)19(24)23-11-15-3-1-2-4-16(15)18(23)21(25)26/h1-4,12-14,17-18,25-26H,5-11,22H2/t12?,13?,14?,17-,18+,20?/m1/s1. The summed E-state index contributed by atoms with van der Waals surface area (Å²) in [4.78, 5) is 15.0. The largest absolute Gasteiger partial charge is 0.480 e. The molecule has 5 nitrogen and oxygen atoms in total. The molecule has 1 aromatic carbocycles.